The highest BCUT2D eigenvalue weighted by molar-refractivity contribution is 5.78. The molecule has 2 bridgehead atoms. The topological polar surface area (TPSA) is 55.1 Å². The fourth-order valence-electron chi connectivity index (χ4n) is 4.60. The Morgan fingerprint density at radius 1 is 1.16 bits per heavy atom. The molecule has 3 fully saturated rings. The van der Waals surface area contributed by atoms with Crippen LogP contribution in [-0.2, 0) is 4.79 Å². The van der Waals surface area contributed by atoms with Gasteiger partial charge in [-0.25, -0.2) is 0 Å². The lowest BCUT2D eigenvalue weighted by Crippen LogP contribution is -2.42. The first kappa shape index (κ1) is 13.4. The number of amides is 1. The van der Waals surface area contributed by atoms with E-state index in [1.165, 1.54) is 25.7 Å². The van der Waals surface area contributed by atoms with Crippen molar-refractivity contribution in [2.45, 2.75) is 57.9 Å². The van der Waals surface area contributed by atoms with Crippen molar-refractivity contribution in [3.63, 3.8) is 0 Å². The molecule has 3 saturated carbocycles. The van der Waals surface area contributed by atoms with E-state index in [2.05, 4.69) is 12.2 Å². The van der Waals surface area contributed by atoms with Crippen LogP contribution in [0.3, 0.4) is 0 Å². The molecule has 3 rings (SSSR count). The van der Waals surface area contributed by atoms with E-state index < -0.39 is 0 Å². The summed E-state index contributed by atoms with van der Waals surface area (Å²) in [6.07, 6.45) is 8.62. The van der Waals surface area contributed by atoms with Gasteiger partial charge in [0.25, 0.3) is 0 Å². The Hall–Kier alpha value is -0.570. The van der Waals surface area contributed by atoms with Gasteiger partial charge in [0.1, 0.15) is 0 Å². The highest BCUT2D eigenvalue weighted by Crippen LogP contribution is 2.47. The summed E-state index contributed by atoms with van der Waals surface area (Å²) < 4.78 is 0. The van der Waals surface area contributed by atoms with Crippen LogP contribution in [0.1, 0.15) is 51.9 Å². The van der Waals surface area contributed by atoms with Crippen LogP contribution in [0.15, 0.2) is 0 Å². The molecule has 0 spiro atoms. The minimum atomic E-state index is 0.171. The van der Waals surface area contributed by atoms with Gasteiger partial charge in [0.2, 0.25) is 5.91 Å². The fraction of sp³-hybridized carbons (Fsp3) is 0.938. The summed E-state index contributed by atoms with van der Waals surface area (Å²) in [7, 11) is 0. The van der Waals surface area contributed by atoms with Gasteiger partial charge in [0.05, 0.1) is 0 Å². The van der Waals surface area contributed by atoms with Gasteiger partial charge in [-0.15, -0.1) is 0 Å². The van der Waals surface area contributed by atoms with Crippen molar-refractivity contribution in [3.05, 3.63) is 0 Å². The van der Waals surface area contributed by atoms with Crippen LogP contribution in [0.25, 0.3) is 0 Å². The number of fused-ring (bicyclic) bond motifs is 2. The van der Waals surface area contributed by atoms with Gasteiger partial charge in [0, 0.05) is 18.5 Å². The molecular formula is C16H28N2O. The van der Waals surface area contributed by atoms with Crippen molar-refractivity contribution >= 4 is 5.91 Å². The van der Waals surface area contributed by atoms with Gasteiger partial charge in [-0.3, -0.25) is 4.79 Å². The van der Waals surface area contributed by atoms with Crippen LogP contribution in [0.4, 0.5) is 0 Å². The molecule has 0 aromatic heterocycles. The third-order valence-corrected chi connectivity index (χ3v) is 6.05. The van der Waals surface area contributed by atoms with Crippen molar-refractivity contribution < 1.29 is 4.79 Å². The number of nitrogens with two attached hydrogens (primary N) is 1. The van der Waals surface area contributed by atoms with Crippen molar-refractivity contribution in [3.8, 4) is 0 Å². The molecule has 3 heteroatoms. The molecule has 6 atom stereocenters. The van der Waals surface area contributed by atoms with E-state index in [0.29, 0.717) is 5.92 Å². The average molecular weight is 264 g/mol. The number of carbonyl (C=O) groups excluding carboxylic acids is 1. The number of nitrogens with one attached hydrogen (secondary N) is 1. The largest absolute Gasteiger partial charge is 0.356 e. The maximum Gasteiger partial charge on any atom is 0.223 e. The Morgan fingerprint density at radius 3 is 2.63 bits per heavy atom. The van der Waals surface area contributed by atoms with E-state index in [0.717, 1.165) is 43.6 Å². The molecule has 3 aliphatic carbocycles. The van der Waals surface area contributed by atoms with E-state index in [1.807, 2.05) is 0 Å². The van der Waals surface area contributed by atoms with E-state index in [-0.39, 0.29) is 17.9 Å². The van der Waals surface area contributed by atoms with Crippen molar-refractivity contribution in [2.24, 2.45) is 35.3 Å². The smallest absolute Gasteiger partial charge is 0.223 e. The van der Waals surface area contributed by atoms with Gasteiger partial charge < -0.3 is 11.1 Å². The minimum absolute atomic E-state index is 0.171. The molecule has 0 radical (unpaired) electrons. The van der Waals surface area contributed by atoms with Crippen LogP contribution >= 0.6 is 0 Å². The van der Waals surface area contributed by atoms with Crippen LogP contribution < -0.4 is 11.1 Å². The minimum Gasteiger partial charge on any atom is -0.356 e. The molecule has 6 unspecified atom stereocenters. The molecule has 0 aromatic carbocycles. The maximum atomic E-state index is 12.2. The summed E-state index contributed by atoms with van der Waals surface area (Å²) in [5.74, 6) is 3.65. The summed E-state index contributed by atoms with van der Waals surface area (Å²) in [5.41, 5.74) is 6.09. The van der Waals surface area contributed by atoms with Crippen LogP contribution in [0, 0.1) is 29.6 Å². The van der Waals surface area contributed by atoms with E-state index in [4.69, 9.17) is 5.73 Å². The highest BCUT2D eigenvalue weighted by atomic mass is 16.1. The molecule has 0 saturated heterocycles. The number of rotatable bonds is 3. The average Bonchev–Trinajstić information content (AvgIpc) is 3.01. The Balaban J connectivity index is 1.44. The third kappa shape index (κ3) is 2.81. The van der Waals surface area contributed by atoms with Crippen molar-refractivity contribution in [2.75, 3.05) is 6.54 Å². The monoisotopic (exact) mass is 264 g/mol. The summed E-state index contributed by atoms with van der Waals surface area (Å²) in [4.78, 5) is 12.2. The molecule has 0 aromatic rings. The van der Waals surface area contributed by atoms with Crippen molar-refractivity contribution in [1.29, 1.82) is 0 Å². The first-order valence-corrected chi connectivity index (χ1v) is 8.16. The quantitative estimate of drug-likeness (QED) is 0.822. The van der Waals surface area contributed by atoms with Crippen LogP contribution in [0.2, 0.25) is 0 Å². The summed E-state index contributed by atoms with van der Waals surface area (Å²) in [5, 5.41) is 3.22. The predicted octanol–water partition coefficient (Wildman–Crippen LogP) is 2.30. The molecule has 1 amide bonds. The molecule has 19 heavy (non-hydrogen) atoms. The lowest BCUT2D eigenvalue weighted by atomic mass is 9.79. The Morgan fingerprint density at radius 2 is 2.00 bits per heavy atom. The highest BCUT2D eigenvalue weighted by Gasteiger charge is 2.39. The Labute approximate surface area is 116 Å². The third-order valence-electron chi connectivity index (χ3n) is 6.05. The van der Waals surface area contributed by atoms with Gasteiger partial charge in [-0.05, 0) is 62.2 Å². The second-order valence-corrected chi connectivity index (χ2v) is 7.33. The molecule has 0 heterocycles. The second-order valence-electron chi connectivity index (χ2n) is 7.33. The maximum absolute atomic E-state index is 12.2. The summed E-state index contributed by atoms with van der Waals surface area (Å²) >= 11 is 0. The standard InChI is InChI=1S/C16H28N2O/c1-10-2-4-13(8-15(10)17)16(19)18-9-14-7-11-3-5-12(14)6-11/h10-15H,2-9,17H2,1H3,(H,18,19). The second kappa shape index (κ2) is 5.43. The number of hydrogen-bond acceptors (Lipinski definition) is 2. The SMILES string of the molecule is CC1CCC(C(=O)NCC2CC3CCC2C3)CC1N. The van der Waals surface area contributed by atoms with E-state index in [1.54, 1.807) is 0 Å². The molecular weight excluding hydrogens is 236 g/mol. The van der Waals surface area contributed by atoms with Gasteiger partial charge in [0.15, 0.2) is 0 Å². The lowest BCUT2D eigenvalue weighted by Gasteiger charge is -2.31. The zero-order valence-corrected chi connectivity index (χ0v) is 12.1. The van der Waals surface area contributed by atoms with Gasteiger partial charge in [-0.1, -0.05) is 13.3 Å². The predicted molar refractivity (Wildman–Crippen MR) is 76.4 cm³/mol. The van der Waals surface area contributed by atoms with Gasteiger partial charge >= 0.3 is 0 Å². The van der Waals surface area contributed by atoms with Crippen LogP contribution in [-0.4, -0.2) is 18.5 Å². The van der Waals surface area contributed by atoms with E-state index in [9.17, 15) is 4.79 Å². The number of carbonyl (C=O) groups is 1. The molecule has 3 nitrogen and oxygen atoms in total. The zero-order valence-electron chi connectivity index (χ0n) is 12.1. The van der Waals surface area contributed by atoms with E-state index >= 15 is 0 Å². The Bertz CT molecular complexity index is 344. The van der Waals surface area contributed by atoms with Crippen molar-refractivity contribution in [1.82, 2.24) is 5.32 Å². The normalized spacial score (nSPS) is 45.4. The first-order chi connectivity index (χ1) is 9.13. The van der Waals surface area contributed by atoms with Crippen LogP contribution in [0.5, 0.6) is 0 Å². The zero-order chi connectivity index (χ0) is 13.4. The Kier molecular flexibility index (Phi) is 3.84. The van der Waals surface area contributed by atoms with Gasteiger partial charge in [-0.2, -0.15) is 0 Å². The number of hydrogen-bond donors (Lipinski definition) is 2. The summed E-state index contributed by atoms with van der Waals surface area (Å²) in [6, 6.07) is 0.215. The lowest BCUT2D eigenvalue weighted by molar-refractivity contribution is -0.126. The molecule has 3 aliphatic rings. The first-order valence-electron chi connectivity index (χ1n) is 8.16. The molecule has 108 valence electrons. The molecule has 3 N–H and O–H groups in total. The summed E-state index contributed by atoms with van der Waals surface area (Å²) in [6.45, 7) is 3.12. The fourth-order valence-corrected chi connectivity index (χ4v) is 4.60. The molecule has 0 aliphatic heterocycles.